The van der Waals surface area contributed by atoms with Crippen molar-refractivity contribution in [1.82, 2.24) is 24.3 Å². The van der Waals surface area contributed by atoms with Crippen molar-refractivity contribution in [2.45, 2.75) is 13.3 Å². The number of imidazole rings is 1. The van der Waals surface area contributed by atoms with E-state index in [1.54, 1.807) is 25.4 Å². The number of hydrogen-bond donors (Lipinski definition) is 2. The van der Waals surface area contributed by atoms with E-state index >= 15 is 0 Å². The highest BCUT2D eigenvalue weighted by atomic mass is 19.1. The number of nitrogens with zero attached hydrogens (tertiary/aromatic N) is 5. The van der Waals surface area contributed by atoms with Crippen molar-refractivity contribution >= 4 is 28.9 Å². The molecule has 0 unspecified atom stereocenters. The fraction of sp³-hybridized carbons (Fsp3) is 0.211. The summed E-state index contributed by atoms with van der Waals surface area (Å²) in [5.74, 6) is -1.06. The van der Waals surface area contributed by atoms with E-state index in [0.29, 0.717) is 24.4 Å². The van der Waals surface area contributed by atoms with Crippen LogP contribution in [0.1, 0.15) is 28.3 Å². The Morgan fingerprint density at radius 3 is 2.72 bits per heavy atom. The molecule has 0 fully saturated rings. The Bertz CT molecular complexity index is 1140. The van der Waals surface area contributed by atoms with Crippen LogP contribution in [0.2, 0.25) is 0 Å². The molecule has 1 aliphatic rings. The molecule has 0 saturated heterocycles. The molecule has 3 aromatic rings. The summed E-state index contributed by atoms with van der Waals surface area (Å²) in [6.45, 7) is 2.42. The number of carboxylic acid groups (broad SMARTS) is 1. The number of carbonyl (C=O) groups excluding carboxylic acids is 1. The number of fused-ring (bicyclic) bond motifs is 1. The molecule has 3 aromatic heterocycles. The van der Waals surface area contributed by atoms with E-state index in [2.05, 4.69) is 20.3 Å². The Morgan fingerprint density at radius 1 is 1.24 bits per heavy atom. The summed E-state index contributed by atoms with van der Waals surface area (Å²) in [5, 5.41) is 11.6. The fourth-order valence-corrected chi connectivity index (χ4v) is 3.13. The maximum atomic E-state index is 14.1. The van der Waals surface area contributed by atoms with E-state index in [4.69, 9.17) is 5.11 Å². The first-order valence-corrected chi connectivity index (χ1v) is 8.86. The third kappa shape index (κ3) is 3.77. The molecule has 0 bridgehead atoms. The highest BCUT2D eigenvalue weighted by molar-refractivity contribution is 6.02. The lowest BCUT2D eigenvalue weighted by atomic mass is 10.1. The number of pyridine rings is 1. The first-order chi connectivity index (χ1) is 13.9. The second-order valence-corrected chi connectivity index (χ2v) is 6.64. The van der Waals surface area contributed by atoms with Gasteiger partial charge in [0.1, 0.15) is 5.69 Å². The lowest BCUT2D eigenvalue weighted by Crippen LogP contribution is -2.33. The van der Waals surface area contributed by atoms with Crippen molar-refractivity contribution in [3.8, 4) is 0 Å². The van der Waals surface area contributed by atoms with E-state index in [-0.39, 0.29) is 23.6 Å². The van der Waals surface area contributed by atoms with Crippen LogP contribution in [0.5, 0.6) is 0 Å². The zero-order valence-electron chi connectivity index (χ0n) is 15.5. The average molecular weight is 396 g/mol. The molecule has 4 heterocycles. The molecule has 0 aliphatic carbocycles. The summed E-state index contributed by atoms with van der Waals surface area (Å²) in [7, 11) is 0. The zero-order chi connectivity index (χ0) is 20.5. The zero-order valence-corrected chi connectivity index (χ0v) is 15.5. The van der Waals surface area contributed by atoms with E-state index in [0.717, 1.165) is 5.57 Å². The van der Waals surface area contributed by atoms with Crippen LogP contribution in [0.4, 0.5) is 14.9 Å². The molecule has 0 radical (unpaired) electrons. The lowest BCUT2D eigenvalue weighted by Gasteiger charge is -2.23. The number of rotatable bonds is 3. The number of hydrogen-bond acceptors (Lipinski definition) is 5. The Labute approximate surface area is 164 Å². The third-order valence-corrected chi connectivity index (χ3v) is 4.58. The van der Waals surface area contributed by atoms with Gasteiger partial charge < -0.3 is 19.7 Å². The molecule has 0 saturated carbocycles. The molecule has 4 rings (SSSR count). The van der Waals surface area contributed by atoms with Crippen molar-refractivity contribution in [3.05, 3.63) is 59.8 Å². The van der Waals surface area contributed by atoms with E-state index in [9.17, 15) is 14.0 Å². The smallest absolute Gasteiger partial charge is 0.407 e. The normalized spacial score (nSPS) is 14.0. The van der Waals surface area contributed by atoms with E-state index in [1.807, 2.05) is 0 Å². The van der Waals surface area contributed by atoms with Gasteiger partial charge in [-0.15, -0.1) is 0 Å². The number of halogens is 1. The van der Waals surface area contributed by atoms with Gasteiger partial charge in [-0.25, -0.2) is 19.2 Å². The van der Waals surface area contributed by atoms with Gasteiger partial charge in [0, 0.05) is 31.5 Å². The Kier molecular flexibility index (Phi) is 4.67. The summed E-state index contributed by atoms with van der Waals surface area (Å²) in [6.07, 6.45) is 7.39. The molecule has 0 spiro atoms. The molecule has 1 aliphatic heterocycles. The molecular formula is C19H17FN6O3. The van der Waals surface area contributed by atoms with Crippen molar-refractivity contribution in [2.75, 3.05) is 18.4 Å². The van der Waals surface area contributed by atoms with Crippen molar-refractivity contribution < 1.29 is 19.1 Å². The second-order valence-electron chi connectivity index (χ2n) is 6.64. The monoisotopic (exact) mass is 396 g/mol. The van der Waals surface area contributed by atoms with Crippen LogP contribution in [0.3, 0.4) is 0 Å². The second kappa shape index (κ2) is 7.30. The number of amides is 2. The molecule has 148 valence electrons. The number of anilines is 1. The topological polar surface area (TPSA) is 113 Å². The van der Waals surface area contributed by atoms with Crippen LogP contribution in [0.25, 0.3) is 11.2 Å². The molecule has 10 heteroatoms. The highest BCUT2D eigenvalue weighted by Gasteiger charge is 2.18. The average Bonchev–Trinajstić information content (AvgIpc) is 3.09. The number of aromatic nitrogens is 4. The summed E-state index contributed by atoms with van der Waals surface area (Å²) in [4.78, 5) is 37.1. The molecule has 2 N–H and O–H groups in total. The van der Waals surface area contributed by atoms with E-state index < -0.39 is 17.8 Å². The van der Waals surface area contributed by atoms with Gasteiger partial charge in [-0.1, -0.05) is 6.08 Å². The fourth-order valence-electron chi connectivity index (χ4n) is 3.13. The standard InChI is InChI=1S/C19H17FN6O3/c1-11-9-26-10-13(6-14(20)17(26)23-11)24-18(27)16-8-21-15(7-22-16)12-2-4-25(5-3-12)19(28)29/h2,6-10H,3-5H2,1H3,(H,24,27)(H,28,29). The van der Waals surface area contributed by atoms with Crippen molar-refractivity contribution in [3.63, 3.8) is 0 Å². The number of nitrogens with one attached hydrogen (secondary N) is 1. The van der Waals surface area contributed by atoms with Crippen LogP contribution >= 0.6 is 0 Å². The quantitative estimate of drug-likeness (QED) is 0.704. The van der Waals surface area contributed by atoms with Crippen LogP contribution in [-0.4, -0.2) is 54.4 Å². The predicted molar refractivity (Wildman–Crippen MR) is 102 cm³/mol. The summed E-state index contributed by atoms with van der Waals surface area (Å²) in [6, 6.07) is 1.20. The SMILES string of the molecule is Cc1cn2cc(NC(=O)c3cnc(C4=CCN(C(=O)O)CC4)cn3)cc(F)c2n1. The van der Waals surface area contributed by atoms with Crippen LogP contribution < -0.4 is 5.32 Å². The Hall–Kier alpha value is -3.82. The van der Waals surface area contributed by atoms with Gasteiger partial charge in [0.25, 0.3) is 5.91 Å². The van der Waals surface area contributed by atoms with Crippen LogP contribution in [0.15, 0.2) is 36.9 Å². The van der Waals surface area contributed by atoms with Gasteiger partial charge in [-0.05, 0) is 18.9 Å². The Balaban J connectivity index is 1.48. The molecule has 9 nitrogen and oxygen atoms in total. The van der Waals surface area contributed by atoms with Crippen LogP contribution in [-0.2, 0) is 0 Å². The van der Waals surface area contributed by atoms with E-state index in [1.165, 1.54) is 27.8 Å². The minimum absolute atomic E-state index is 0.0830. The molecule has 0 aromatic carbocycles. The molecule has 0 atom stereocenters. The van der Waals surface area contributed by atoms with Gasteiger partial charge in [0.05, 0.1) is 29.5 Å². The number of aryl methyl sites for hydroxylation is 1. The maximum absolute atomic E-state index is 14.1. The maximum Gasteiger partial charge on any atom is 0.407 e. The molecule has 2 amide bonds. The predicted octanol–water partition coefficient (Wildman–Crippen LogP) is 2.59. The first kappa shape index (κ1) is 18.5. The van der Waals surface area contributed by atoms with Crippen molar-refractivity contribution in [1.29, 1.82) is 0 Å². The minimum atomic E-state index is -0.959. The van der Waals surface area contributed by atoms with Gasteiger partial charge >= 0.3 is 6.09 Å². The third-order valence-electron chi connectivity index (χ3n) is 4.58. The first-order valence-electron chi connectivity index (χ1n) is 8.86. The van der Waals surface area contributed by atoms with Crippen molar-refractivity contribution in [2.24, 2.45) is 0 Å². The lowest BCUT2D eigenvalue weighted by molar-refractivity contribution is 0.102. The molecule has 29 heavy (non-hydrogen) atoms. The summed E-state index contributed by atoms with van der Waals surface area (Å²) >= 11 is 0. The Morgan fingerprint density at radius 2 is 2.07 bits per heavy atom. The highest BCUT2D eigenvalue weighted by Crippen LogP contribution is 2.20. The molecular weight excluding hydrogens is 379 g/mol. The van der Waals surface area contributed by atoms with Gasteiger partial charge in [-0.3, -0.25) is 9.78 Å². The van der Waals surface area contributed by atoms with Gasteiger partial charge in [0.2, 0.25) is 0 Å². The largest absolute Gasteiger partial charge is 0.465 e. The summed E-state index contributed by atoms with van der Waals surface area (Å²) in [5.41, 5.74) is 2.67. The minimum Gasteiger partial charge on any atom is -0.465 e. The number of carbonyl (C=O) groups is 2. The van der Waals surface area contributed by atoms with Gasteiger partial charge in [0.15, 0.2) is 11.5 Å². The van der Waals surface area contributed by atoms with Gasteiger partial charge in [-0.2, -0.15) is 0 Å². The van der Waals surface area contributed by atoms with Crippen LogP contribution in [0, 0.1) is 12.7 Å². The summed E-state index contributed by atoms with van der Waals surface area (Å²) < 4.78 is 15.6.